The molecule has 7 nitrogen and oxygen atoms in total. The molecule has 0 aromatic heterocycles. The van der Waals surface area contributed by atoms with Gasteiger partial charge < -0.3 is 25.4 Å². The summed E-state index contributed by atoms with van der Waals surface area (Å²) in [4.78, 5) is 26.9. The van der Waals surface area contributed by atoms with Crippen molar-refractivity contribution in [1.82, 2.24) is 10.2 Å². The van der Waals surface area contributed by atoms with Crippen LogP contribution in [0.1, 0.15) is 76.3 Å². The monoisotopic (exact) mass is 523 g/mol. The molecule has 1 aliphatic heterocycles. The molecule has 0 saturated carbocycles. The van der Waals surface area contributed by atoms with Gasteiger partial charge in [0.05, 0.1) is 0 Å². The molecule has 1 heterocycles. The molecule has 2 amide bonds. The number of fused-ring (bicyclic) bond motifs is 1. The number of phenols is 1. The predicted octanol–water partition coefficient (Wildman–Crippen LogP) is 5.46. The summed E-state index contributed by atoms with van der Waals surface area (Å²) in [6, 6.07) is 14.1. The lowest BCUT2D eigenvalue weighted by atomic mass is 10.0. The number of hydrogen-bond acceptors (Lipinski definition) is 5. The van der Waals surface area contributed by atoms with E-state index in [9.17, 15) is 14.7 Å². The zero-order chi connectivity index (χ0) is 27.2. The molecule has 0 saturated heterocycles. The molecule has 0 fully saturated rings. The predicted molar refractivity (Wildman–Crippen MR) is 153 cm³/mol. The Balaban J connectivity index is 1.43. The lowest BCUT2D eigenvalue weighted by molar-refractivity contribution is -0.133. The zero-order valence-corrected chi connectivity index (χ0v) is 23.1. The van der Waals surface area contributed by atoms with E-state index in [1.807, 2.05) is 12.1 Å². The molecule has 0 aliphatic carbocycles. The van der Waals surface area contributed by atoms with Gasteiger partial charge in [0.2, 0.25) is 5.91 Å². The first-order chi connectivity index (χ1) is 18.5. The second kappa shape index (κ2) is 16.0. The Hall–Kier alpha value is -3.06. The normalized spacial score (nSPS) is 13.4. The van der Waals surface area contributed by atoms with Crippen LogP contribution < -0.4 is 15.4 Å². The molecule has 3 rings (SSSR count). The summed E-state index contributed by atoms with van der Waals surface area (Å²) in [6.45, 7) is 6.71. The number of nitrogens with one attached hydrogen (secondary N) is 2. The van der Waals surface area contributed by atoms with E-state index in [-0.39, 0.29) is 30.2 Å². The molecule has 1 atom stereocenters. The van der Waals surface area contributed by atoms with E-state index in [4.69, 9.17) is 4.74 Å². The van der Waals surface area contributed by atoms with Gasteiger partial charge in [0.15, 0.2) is 12.4 Å². The van der Waals surface area contributed by atoms with Crippen molar-refractivity contribution in [3.8, 4) is 11.5 Å². The number of phenolic OH excluding ortho intramolecular Hbond substituents is 1. The molecular weight excluding hydrogens is 478 g/mol. The lowest BCUT2D eigenvalue weighted by Gasteiger charge is -2.30. The third-order valence-electron chi connectivity index (χ3n) is 7.20. The molecule has 0 bridgehead atoms. The molecule has 0 spiro atoms. The van der Waals surface area contributed by atoms with Crippen molar-refractivity contribution >= 4 is 17.5 Å². The fourth-order valence-electron chi connectivity index (χ4n) is 4.96. The minimum atomic E-state index is -0.255. The van der Waals surface area contributed by atoms with Gasteiger partial charge >= 0.3 is 0 Å². The second-order valence-electron chi connectivity index (χ2n) is 10.3. The highest BCUT2D eigenvalue weighted by Crippen LogP contribution is 2.39. The van der Waals surface area contributed by atoms with Crippen molar-refractivity contribution in [1.29, 1.82) is 0 Å². The van der Waals surface area contributed by atoms with Gasteiger partial charge in [-0.25, -0.2) is 0 Å². The van der Waals surface area contributed by atoms with Crippen LogP contribution in [0.2, 0.25) is 0 Å². The van der Waals surface area contributed by atoms with Gasteiger partial charge in [0.1, 0.15) is 11.4 Å². The number of aryl methyl sites for hydroxylation is 1. The lowest BCUT2D eigenvalue weighted by Crippen LogP contribution is -2.40. The van der Waals surface area contributed by atoms with Crippen LogP contribution >= 0.6 is 0 Å². The van der Waals surface area contributed by atoms with Crippen LogP contribution in [0.25, 0.3) is 0 Å². The number of hydrogen-bond donors (Lipinski definition) is 3. The molecule has 0 radical (unpaired) electrons. The topological polar surface area (TPSA) is 90.9 Å². The van der Waals surface area contributed by atoms with E-state index in [0.29, 0.717) is 24.4 Å². The third-order valence-corrected chi connectivity index (χ3v) is 7.20. The van der Waals surface area contributed by atoms with Crippen molar-refractivity contribution in [2.75, 3.05) is 31.6 Å². The summed E-state index contributed by atoms with van der Waals surface area (Å²) >= 11 is 0. The number of unbranched alkanes of at least 4 members (excludes halogenated alkanes) is 4. The van der Waals surface area contributed by atoms with Gasteiger partial charge in [0.25, 0.3) is 5.91 Å². The quantitative estimate of drug-likeness (QED) is 0.189. The summed E-state index contributed by atoms with van der Waals surface area (Å²) < 4.78 is 5.60. The minimum Gasteiger partial charge on any atom is -0.506 e. The smallest absolute Gasteiger partial charge is 0.262 e. The number of ether oxygens (including phenoxy) is 1. The molecule has 38 heavy (non-hydrogen) atoms. The van der Waals surface area contributed by atoms with Gasteiger partial charge in [-0.1, -0.05) is 69.0 Å². The minimum absolute atomic E-state index is 0.0255. The van der Waals surface area contributed by atoms with Crippen molar-refractivity contribution in [2.24, 2.45) is 0 Å². The molecule has 2 aromatic rings. The highest BCUT2D eigenvalue weighted by atomic mass is 16.5. The number of carbonyl (C=O) groups excluding carboxylic acids is 2. The zero-order valence-electron chi connectivity index (χ0n) is 23.1. The van der Waals surface area contributed by atoms with Crippen molar-refractivity contribution in [3.63, 3.8) is 0 Å². The Labute approximate surface area is 228 Å². The summed E-state index contributed by atoms with van der Waals surface area (Å²) in [5.41, 5.74) is 2.66. The Morgan fingerprint density at radius 2 is 1.87 bits per heavy atom. The Bertz CT molecular complexity index is 1010. The van der Waals surface area contributed by atoms with Crippen LogP contribution in [0.5, 0.6) is 11.5 Å². The summed E-state index contributed by atoms with van der Waals surface area (Å²) in [5, 5.41) is 16.2. The molecule has 7 heteroatoms. The molecule has 2 aromatic carbocycles. The van der Waals surface area contributed by atoms with Crippen LogP contribution in [-0.4, -0.2) is 54.1 Å². The van der Waals surface area contributed by atoms with Gasteiger partial charge in [-0.3, -0.25) is 9.59 Å². The maximum absolute atomic E-state index is 13.2. The first-order valence-corrected chi connectivity index (χ1v) is 14.3. The fraction of sp³-hybridized carbons (Fsp3) is 0.548. The summed E-state index contributed by atoms with van der Waals surface area (Å²) in [7, 11) is 0. The summed E-state index contributed by atoms with van der Waals surface area (Å²) in [6.07, 6.45) is 9.75. The van der Waals surface area contributed by atoms with E-state index in [1.54, 1.807) is 6.07 Å². The molecule has 0 unspecified atom stereocenters. The van der Waals surface area contributed by atoms with Crippen molar-refractivity contribution in [3.05, 3.63) is 53.6 Å². The maximum Gasteiger partial charge on any atom is 0.262 e. The van der Waals surface area contributed by atoms with E-state index >= 15 is 0 Å². The Morgan fingerprint density at radius 3 is 2.66 bits per heavy atom. The molecule has 1 aliphatic rings. The van der Waals surface area contributed by atoms with Crippen LogP contribution in [0.3, 0.4) is 0 Å². The van der Waals surface area contributed by atoms with E-state index in [0.717, 1.165) is 63.6 Å². The van der Waals surface area contributed by atoms with Crippen molar-refractivity contribution in [2.45, 2.75) is 84.1 Å². The number of nitrogens with zero attached hydrogens (tertiary/aromatic N) is 1. The Kier molecular flexibility index (Phi) is 12.4. The van der Waals surface area contributed by atoms with Gasteiger partial charge in [-0.05, 0) is 62.8 Å². The standard InChI is InChI=1S/C31H45N3O4/c1-3-4-7-12-24(2)34(29(37)19-21-32-20-18-25-13-8-5-9-14-25)22-11-6-10-15-26-16-17-27(35)30-31(26)38-23-28(36)33-30/h5,8-9,13-14,16-17,24,32,35H,3-4,6-7,10-12,15,18-23H2,1-2H3,(H,33,36)/t24-/m1/s1. The molecule has 208 valence electrons. The second-order valence-corrected chi connectivity index (χ2v) is 10.3. The first kappa shape index (κ1) is 29.5. The summed E-state index contributed by atoms with van der Waals surface area (Å²) in [5.74, 6) is 0.579. The number of amides is 2. The highest BCUT2D eigenvalue weighted by Gasteiger charge is 2.22. The van der Waals surface area contributed by atoms with E-state index in [1.165, 1.54) is 18.4 Å². The van der Waals surface area contributed by atoms with Gasteiger partial charge in [-0.15, -0.1) is 0 Å². The SMILES string of the molecule is CCCCC[C@@H](C)N(CCCCCc1ccc(O)c2c1OCC(=O)N2)C(=O)CCNCCc1ccccc1. The Morgan fingerprint density at radius 1 is 1.05 bits per heavy atom. The van der Waals surface area contributed by atoms with E-state index < -0.39 is 0 Å². The third kappa shape index (κ3) is 9.35. The number of aromatic hydroxyl groups is 1. The van der Waals surface area contributed by atoms with Crippen molar-refractivity contribution < 1.29 is 19.4 Å². The average Bonchev–Trinajstić information content (AvgIpc) is 2.92. The number of carbonyl (C=O) groups is 2. The van der Waals surface area contributed by atoms with Gasteiger partial charge in [-0.2, -0.15) is 0 Å². The van der Waals surface area contributed by atoms with E-state index in [2.05, 4.69) is 53.6 Å². The first-order valence-electron chi connectivity index (χ1n) is 14.3. The number of benzene rings is 2. The van der Waals surface area contributed by atoms with Crippen LogP contribution in [0, 0.1) is 0 Å². The number of anilines is 1. The fourth-order valence-corrected chi connectivity index (χ4v) is 4.96. The molecular formula is C31H45N3O4. The van der Waals surface area contributed by atoms with Crippen LogP contribution in [0.15, 0.2) is 42.5 Å². The van der Waals surface area contributed by atoms with Crippen LogP contribution in [-0.2, 0) is 22.4 Å². The van der Waals surface area contributed by atoms with Crippen LogP contribution in [0.4, 0.5) is 5.69 Å². The maximum atomic E-state index is 13.2. The number of rotatable bonds is 17. The largest absolute Gasteiger partial charge is 0.506 e. The highest BCUT2D eigenvalue weighted by molar-refractivity contribution is 5.97. The average molecular weight is 524 g/mol. The van der Waals surface area contributed by atoms with Gasteiger partial charge in [0, 0.05) is 25.6 Å². The molecule has 3 N–H and O–H groups in total.